The number of amides is 1. The molecule has 0 atom stereocenters. The van der Waals surface area contributed by atoms with Gasteiger partial charge in [0.1, 0.15) is 6.54 Å². The zero-order valence-corrected chi connectivity index (χ0v) is 20.1. The molecule has 2 N–H and O–H groups in total. The first-order valence-electron chi connectivity index (χ1n) is 10.8. The normalized spacial score (nSPS) is 10.7. The summed E-state index contributed by atoms with van der Waals surface area (Å²) in [6.07, 6.45) is 0. The summed E-state index contributed by atoms with van der Waals surface area (Å²) in [4.78, 5) is 40.2. The van der Waals surface area contributed by atoms with E-state index < -0.39 is 11.9 Å². The number of hydrogen-bond acceptors (Lipinski definition) is 6. The lowest BCUT2D eigenvalue weighted by Gasteiger charge is -2.09. The van der Waals surface area contributed by atoms with E-state index in [0.717, 1.165) is 21.8 Å². The molecule has 1 aromatic heterocycles. The summed E-state index contributed by atoms with van der Waals surface area (Å²) in [5.41, 5.74) is 3.72. The molecule has 0 aliphatic rings. The second-order valence-corrected chi connectivity index (χ2v) is 8.60. The van der Waals surface area contributed by atoms with Crippen LogP contribution < -0.4 is 9.88 Å². The van der Waals surface area contributed by atoms with Crippen molar-refractivity contribution in [3.8, 4) is 0 Å². The van der Waals surface area contributed by atoms with Crippen LogP contribution in [-0.2, 0) is 20.8 Å². The van der Waals surface area contributed by atoms with Gasteiger partial charge in [-0.25, -0.2) is 19.1 Å². The molecule has 178 valence electrons. The Morgan fingerprint density at radius 1 is 0.886 bits per heavy atom. The maximum Gasteiger partial charge on any atom is 0.337 e. The number of ether oxygens (including phenoxy) is 2. The monoisotopic (exact) mass is 490 g/mol. The highest BCUT2D eigenvalue weighted by Gasteiger charge is 2.21. The molecule has 0 saturated heterocycles. The fraction of sp³-hybridized carbons (Fsp3) is 0.154. The number of aromatic amines is 1. The number of fused-ring (bicyclic) bond motifs is 1. The lowest BCUT2D eigenvalue weighted by atomic mass is 10.1. The molecule has 1 heterocycles. The molecule has 3 aromatic carbocycles. The summed E-state index contributed by atoms with van der Waals surface area (Å²) in [5, 5.41) is 3.59. The van der Waals surface area contributed by atoms with Crippen LogP contribution in [0.1, 0.15) is 26.3 Å². The quantitative estimate of drug-likeness (QED) is 0.221. The van der Waals surface area contributed by atoms with Crippen molar-refractivity contribution in [2.75, 3.05) is 25.3 Å². The van der Waals surface area contributed by atoms with Gasteiger partial charge in [-0.1, -0.05) is 42.5 Å². The highest BCUT2D eigenvalue weighted by atomic mass is 32.2. The first-order valence-corrected chi connectivity index (χ1v) is 11.8. The number of H-pyrrole nitrogens is 1. The Bertz CT molecular complexity index is 1350. The Hall–Kier alpha value is -4.11. The summed E-state index contributed by atoms with van der Waals surface area (Å²) in [6.45, 7) is 0.651. The van der Waals surface area contributed by atoms with Crippen molar-refractivity contribution < 1.29 is 28.4 Å². The number of carbonyl (C=O) groups excluding carboxylic acids is 3. The van der Waals surface area contributed by atoms with Crippen LogP contribution in [0.2, 0.25) is 0 Å². The average molecular weight is 491 g/mol. The number of rotatable bonds is 8. The molecule has 0 fully saturated rings. The number of aromatic nitrogens is 2. The third-order valence-corrected chi connectivity index (χ3v) is 6.27. The first-order chi connectivity index (χ1) is 17.0. The predicted molar refractivity (Wildman–Crippen MR) is 133 cm³/mol. The van der Waals surface area contributed by atoms with Gasteiger partial charge in [0.15, 0.2) is 11.0 Å². The van der Waals surface area contributed by atoms with E-state index in [4.69, 9.17) is 9.47 Å². The van der Waals surface area contributed by atoms with E-state index in [0.29, 0.717) is 12.2 Å². The lowest BCUT2D eigenvalue weighted by Crippen LogP contribution is -2.35. The van der Waals surface area contributed by atoms with Gasteiger partial charge in [-0.05, 0) is 47.7 Å². The van der Waals surface area contributed by atoms with Crippen LogP contribution in [0.5, 0.6) is 0 Å². The van der Waals surface area contributed by atoms with Gasteiger partial charge in [-0.15, -0.1) is 0 Å². The third kappa shape index (κ3) is 5.70. The molecule has 0 spiro atoms. The molecule has 0 saturated carbocycles. The Balaban J connectivity index is 1.53. The van der Waals surface area contributed by atoms with E-state index in [1.165, 1.54) is 44.2 Å². The van der Waals surface area contributed by atoms with Crippen LogP contribution >= 0.6 is 11.8 Å². The lowest BCUT2D eigenvalue weighted by molar-refractivity contribution is -0.700. The first kappa shape index (κ1) is 24.0. The van der Waals surface area contributed by atoms with Gasteiger partial charge in [0.2, 0.25) is 5.91 Å². The molecular formula is C26H24N3O5S+. The Kier molecular flexibility index (Phi) is 7.47. The summed E-state index contributed by atoms with van der Waals surface area (Å²) in [7, 11) is 2.49. The molecule has 0 aliphatic carbocycles. The Morgan fingerprint density at radius 2 is 1.51 bits per heavy atom. The topological polar surface area (TPSA) is 101 Å². The molecule has 0 unspecified atom stereocenters. The SMILES string of the molecule is COC(=O)c1cc(NC(=O)CSc2[nH]c3ccccc3[n+]2Cc2ccccc2)cc(C(=O)OC)c1. The largest absolute Gasteiger partial charge is 0.465 e. The molecule has 1 amide bonds. The number of nitrogens with zero attached hydrogens (tertiary/aromatic N) is 1. The minimum absolute atomic E-state index is 0.109. The smallest absolute Gasteiger partial charge is 0.337 e. The standard InChI is InChI=1S/C26H23N3O5S/c1-33-24(31)18-12-19(25(32)34-2)14-20(13-18)27-23(30)16-35-26-28-21-10-6-7-11-22(21)29(26)15-17-8-4-3-5-9-17/h3-14H,15-16H2,1-2H3,(H,27,30)/p+1. The molecule has 0 bridgehead atoms. The number of benzene rings is 3. The van der Waals surface area contributed by atoms with Crippen LogP contribution in [0.4, 0.5) is 5.69 Å². The van der Waals surface area contributed by atoms with Gasteiger partial charge in [-0.3, -0.25) is 4.79 Å². The highest BCUT2D eigenvalue weighted by Crippen LogP contribution is 2.21. The van der Waals surface area contributed by atoms with E-state index >= 15 is 0 Å². The summed E-state index contributed by atoms with van der Waals surface area (Å²) < 4.78 is 11.6. The van der Waals surface area contributed by atoms with Crippen molar-refractivity contribution in [2.45, 2.75) is 11.7 Å². The van der Waals surface area contributed by atoms with Gasteiger partial charge in [-0.2, -0.15) is 0 Å². The Morgan fingerprint density at radius 3 is 2.17 bits per heavy atom. The zero-order chi connectivity index (χ0) is 24.8. The molecule has 0 aliphatic heterocycles. The van der Waals surface area contributed by atoms with Gasteiger partial charge in [0, 0.05) is 5.69 Å². The number of hydrogen-bond donors (Lipinski definition) is 2. The molecule has 35 heavy (non-hydrogen) atoms. The minimum Gasteiger partial charge on any atom is -0.465 e. The van der Waals surface area contributed by atoms with Crippen LogP contribution in [-0.4, -0.2) is 42.8 Å². The van der Waals surface area contributed by atoms with Gasteiger partial charge < -0.3 is 14.8 Å². The second-order valence-electron chi connectivity index (χ2n) is 7.64. The van der Waals surface area contributed by atoms with Crippen molar-refractivity contribution in [1.29, 1.82) is 0 Å². The second kappa shape index (κ2) is 10.9. The molecular weight excluding hydrogens is 466 g/mol. The molecule has 4 aromatic rings. The summed E-state index contributed by atoms with van der Waals surface area (Å²) in [5.74, 6) is -1.43. The van der Waals surface area contributed by atoms with Crippen LogP contribution in [0, 0.1) is 0 Å². The molecule has 4 rings (SSSR count). The maximum atomic E-state index is 12.8. The number of esters is 2. The van der Waals surface area contributed by atoms with Crippen LogP contribution in [0.3, 0.4) is 0 Å². The van der Waals surface area contributed by atoms with Crippen molar-refractivity contribution in [2.24, 2.45) is 0 Å². The molecule has 0 radical (unpaired) electrons. The van der Waals surface area contributed by atoms with E-state index in [1.807, 2.05) is 42.5 Å². The van der Waals surface area contributed by atoms with Crippen LogP contribution in [0.25, 0.3) is 11.0 Å². The number of methoxy groups -OCH3 is 2. The van der Waals surface area contributed by atoms with E-state index in [2.05, 4.69) is 27.0 Å². The third-order valence-electron chi connectivity index (χ3n) is 5.26. The zero-order valence-electron chi connectivity index (χ0n) is 19.2. The van der Waals surface area contributed by atoms with Crippen molar-refractivity contribution in [1.82, 2.24) is 4.98 Å². The number of anilines is 1. The fourth-order valence-corrected chi connectivity index (χ4v) is 4.49. The average Bonchev–Trinajstić information content (AvgIpc) is 3.24. The van der Waals surface area contributed by atoms with Crippen molar-refractivity contribution >= 4 is 46.3 Å². The number of para-hydroxylation sites is 2. The number of thioether (sulfide) groups is 1. The van der Waals surface area contributed by atoms with Gasteiger partial charge >= 0.3 is 17.1 Å². The number of imidazole rings is 1. The van der Waals surface area contributed by atoms with Crippen molar-refractivity contribution in [3.05, 3.63) is 89.5 Å². The number of nitrogens with one attached hydrogen (secondary N) is 2. The minimum atomic E-state index is -0.624. The maximum absolute atomic E-state index is 12.8. The summed E-state index contributed by atoms with van der Waals surface area (Å²) >= 11 is 1.36. The van der Waals surface area contributed by atoms with E-state index in [9.17, 15) is 14.4 Å². The van der Waals surface area contributed by atoms with Gasteiger partial charge in [0.05, 0.1) is 31.1 Å². The molecule has 8 nitrogen and oxygen atoms in total. The molecule has 9 heteroatoms. The van der Waals surface area contributed by atoms with E-state index in [-0.39, 0.29) is 22.8 Å². The van der Waals surface area contributed by atoms with Crippen LogP contribution in [0.15, 0.2) is 78.0 Å². The number of carbonyl (C=O) groups is 3. The predicted octanol–water partition coefficient (Wildman–Crippen LogP) is 3.81. The fourth-order valence-electron chi connectivity index (χ4n) is 3.65. The summed E-state index contributed by atoms with van der Waals surface area (Å²) in [6, 6.07) is 22.3. The highest BCUT2D eigenvalue weighted by molar-refractivity contribution is 7.99. The van der Waals surface area contributed by atoms with Crippen molar-refractivity contribution in [3.63, 3.8) is 0 Å². The van der Waals surface area contributed by atoms with Gasteiger partial charge in [0.25, 0.3) is 0 Å². The Labute approximate surface area is 206 Å². The van der Waals surface area contributed by atoms with E-state index in [1.54, 1.807) is 0 Å².